The predicted octanol–water partition coefficient (Wildman–Crippen LogP) is -0.342. The SMILES string of the molecule is NC1CCN(CCCC(=O)N2CCOCC2)C1. The highest BCUT2D eigenvalue weighted by Crippen LogP contribution is 2.09. The first kappa shape index (κ1) is 12.8. The van der Waals surface area contributed by atoms with Crippen molar-refractivity contribution in [3.05, 3.63) is 0 Å². The fraction of sp³-hybridized carbons (Fsp3) is 0.917. The van der Waals surface area contributed by atoms with Gasteiger partial charge in [-0.05, 0) is 25.9 Å². The highest BCUT2D eigenvalue weighted by Gasteiger charge is 2.20. The predicted molar refractivity (Wildman–Crippen MR) is 65.7 cm³/mol. The van der Waals surface area contributed by atoms with E-state index in [2.05, 4.69) is 4.90 Å². The number of rotatable bonds is 4. The maximum atomic E-state index is 11.9. The number of hydrogen-bond donors (Lipinski definition) is 1. The van der Waals surface area contributed by atoms with Crippen molar-refractivity contribution >= 4 is 5.91 Å². The van der Waals surface area contributed by atoms with Gasteiger partial charge in [-0.3, -0.25) is 4.79 Å². The molecule has 1 amide bonds. The quantitative estimate of drug-likeness (QED) is 0.731. The van der Waals surface area contributed by atoms with Gasteiger partial charge in [0.2, 0.25) is 5.91 Å². The number of morpholine rings is 1. The summed E-state index contributed by atoms with van der Waals surface area (Å²) in [5.41, 5.74) is 5.84. The summed E-state index contributed by atoms with van der Waals surface area (Å²) in [6.07, 6.45) is 2.70. The lowest BCUT2D eigenvalue weighted by atomic mass is 10.2. The third-order valence-electron chi connectivity index (χ3n) is 3.54. The van der Waals surface area contributed by atoms with Gasteiger partial charge in [0.05, 0.1) is 13.2 Å². The Bertz CT molecular complexity index is 254. The van der Waals surface area contributed by atoms with E-state index in [0.717, 1.165) is 45.6 Å². The van der Waals surface area contributed by atoms with Gasteiger partial charge in [0, 0.05) is 32.1 Å². The molecule has 0 saturated carbocycles. The number of amides is 1. The maximum Gasteiger partial charge on any atom is 0.222 e. The molecule has 2 N–H and O–H groups in total. The van der Waals surface area contributed by atoms with Gasteiger partial charge in [0.25, 0.3) is 0 Å². The zero-order valence-corrected chi connectivity index (χ0v) is 10.4. The molecule has 1 atom stereocenters. The molecule has 2 rings (SSSR count). The number of ether oxygens (including phenoxy) is 1. The lowest BCUT2D eigenvalue weighted by molar-refractivity contribution is -0.135. The highest BCUT2D eigenvalue weighted by molar-refractivity contribution is 5.76. The van der Waals surface area contributed by atoms with Gasteiger partial charge in [-0.15, -0.1) is 0 Å². The Morgan fingerprint density at radius 2 is 2.06 bits per heavy atom. The summed E-state index contributed by atoms with van der Waals surface area (Å²) in [7, 11) is 0. The molecule has 2 aliphatic rings. The van der Waals surface area contributed by atoms with E-state index in [-0.39, 0.29) is 5.91 Å². The van der Waals surface area contributed by atoms with Crippen molar-refractivity contribution < 1.29 is 9.53 Å². The zero-order valence-electron chi connectivity index (χ0n) is 10.4. The van der Waals surface area contributed by atoms with Crippen LogP contribution in [0.5, 0.6) is 0 Å². The summed E-state index contributed by atoms with van der Waals surface area (Å²) in [6.45, 7) is 5.97. The third-order valence-corrected chi connectivity index (χ3v) is 3.54. The van der Waals surface area contributed by atoms with Crippen molar-refractivity contribution in [2.75, 3.05) is 45.9 Å². The minimum Gasteiger partial charge on any atom is -0.378 e. The van der Waals surface area contributed by atoms with Gasteiger partial charge in [-0.2, -0.15) is 0 Å². The molecule has 2 heterocycles. The molecule has 2 saturated heterocycles. The summed E-state index contributed by atoms with van der Waals surface area (Å²) in [6, 6.07) is 0.338. The van der Waals surface area contributed by atoms with Gasteiger partial charge < -0.3 is 20.3 Å². The molecule has 5 heteroatoms. The molecule has 0 aromatic rings. The highest BCUT2D eigenvalue weighted by atomic mass is 16.5. The van der Waals surface area contributed by atoms with Crippen molar-refractivity contribution in [3.8, 4) is 0 Å². The van der Waals surface area contributed by atoms with Crippen molar-refractivity contribution in [1.29, 1.82) is 0 Å². The van der Waals surface area contributed by atoms with E-state index in [4.69, 9.17) is 10.5 Å². The van der Waals surface area contributed by atoms with Crippen molar-refractivity contribution in [2.24, 2.45) is 5.73 Å². The summed E-state index contributed by atoms with van der Waals surface area (Å²) in [5.74, 6) is 0.275. The number of nitrogens with two attached hydrogens (primary N) is 1. The summed E-state index contributed by atoms with van der Waals surface area (Å²) in [4.78, 5) is 16.1. The van der Waals surface area contributed by atoms with E-state index in [9.17, 15) is 4.79 Å². The Morgan fingerprint density at radius 3 is 2.71 bits per heavy atom. The molecule has 0 aromatic carbocycles. The molecule has 1 unspecified atom stereocenters. The molecule has 2 aliphatic heterocycles. The van der Waals surface area contributed by atoms with E-state index >= 15 is 0 Å². The van der Waals surface area contributed by atoms with Gasteiger partial charge in [-0.1, -0.05) is 0 Å². The van der Waals surface area contributed by atoms with E-state index in [1.165, 1.54) is 0 Å². The molecule has 0 bridgehead atoms. The van der Waals surface area contributed by atoms with Crippen LogP contribution in [0.25, 0.3) is 0 Å². The largest absolute Gasteiger partial charge is 0.378 e. The Balaban J connectivity index is 1.59. The average molecular weight is 241 g/mol. The van der Waals surface area contributed by atoms with Gasteiger partial charge in [0.15, 0.2) is 0 Å². The lowest BCUT2D eigenvalue weighted by Gasteiger charge is -2.27. The second-order valence-corrected chi connectivity index (χ2v) is 4.95. The molecule has 0 aliphatic carbocycles. The number of carbonyl (C=O) groups excluding carboxylic acids is 1. The van der Waals surface area contributed by atoms with Crippen LogP contribution in [0.4, 0.5) is 0 Å². The minimum absolute atomic E-state index is 0.275. The molecule has 0 spiro atoms. The van der Waals surface area contributed by atoms with Crippen molar-refractivity contribution in [2.45, 2.75) is 25.3 Å². The van der Waals surface area contributed by atoms with E-state index in [0.29, 0.717) is 25.7 Å². The van der Waals surface area contributed by atoms with Crippen molar-refractivity contribution in [1.82, 2.24) is 9.80 Å². The standard InChI is InChI=1S/C12H23N3O2/c13-11-3-5-14(10-11)4-1-2-12(16)15-6-8-17-9-7-15/h11H,1-10,13H2. The topological polar surface area (TPSA) is 58.8 Å². The van der Waals surface area contributed by atoms with Gasteiger partial charge >= 0.3 is 0 Å². The normalized spacial score (nSPS) is 26.4. The first-order valence-corrected chi connectivity index (χ1v) is 6.59. The molecule has 5 nitrogen and oxygen atoms in total. The smallest absolute Gasteiger partial charge is 0.222 e. The van der Waals surface area contributed by atoms with Crippen LogP contribution < -0.4 is 5.73 Å². The fourth-order valence-electron chi connectivity index (χ4n) is 2.49. The second-order valence-electron chi connectivity index (χ2n) is 4.95. The monoisotopic (exact) mass is 241 g/mol. The first-order valence-electron chi connectivity index (χ1n) is 6.59. The molecular formula is C12H23N3O2. The Morgan fingerprint density at radius 1 is 1.29 bits per heavy atom. The van der Waals surface area contributed by atoms with Gasteiger partial charge in [0.1, 0.15) is 0 Å². The number of carbonyl (C=O) groups is 1. The van der Waals surface area contributed by atoms with E-state index in [1.54, 1.807) is 0 Å². The van der Waals surface area contributed by atoms with Crippen LogP contribution in [0.3, 0.4) is 0 Å². The van der Waals surface area contributed by atoms with Crippen LogP contribution in [0.2, 0.25) is 0 Å². The van der Waals surface area contributed by atoms with Crippen LogP contribution in [0.1, 0.15) is 19.3 Å². The number of likely N-dealkylation sites (tertiary alicyclic amines) is 1. The first-order chi connectivity index (χ1) is 8.25. The molecule has 0 radical (unpaired) electrons. The van der Waals surface area contributed by atoms with Crippen LogP contribution in [-0.2, 0) is 9.53 Å². The van der Waals surface area contributed by atoms with Crippen LogP contribution in [0, 0.1) is 0 Å². The molecule has 0 aromatic heterocycles. The fourth-order valence-corrected chi connectivity index (χ4v) is 2.49. The third kappa shape index (κ3) is 3.94. The lowest BCUT2D eigenvalue weighted by Crippen LogP contribution is -2.40. The van der Waals surface area contributed by atoms with Crippen LogP contribution in [-0.4, -0.2) is 67.7 Å². The Hall–Kier alpha value is -0.650. The zero-order chi connectivity index (χ0) is 12.1. The van der Waals surface area contributed by atoms with E-state index < -0.39 is 0 Å². The summed E-state index contributed by atoms with van der Waals surface area (Å²) in [5, 5.41) is 0. The summed E-state index contributed by atoms with van der Waals surface area (Å²) >= 11 is 0. The maximum absolute atomic E-state index is 11.9. The van der Waals surface area contributed by atoms with Gasteiger partial charge in [-0.25, -0.2) is 0 Å². The van der Waals surface area contributed by atoms with Crippen LogP contribution in [0.15, 0.2) is 0 Å². The molecular weight excluding hydrogens is 218 g/mol. The number of nitrogens with zero attached hydrogens (tertiary/aromatic N) is 2. The Labute approximate surface area is 103 Å². The van der Waals surface area contributed by atoms with Crippen LogP contribution >= 0.6 is 0 Å². The average Bonchev–Trinajstić information content (AvgIpc) is 2.76. The molecule has 98 valence electrons. The Kier molecular flexibility index (Phi) is 4.76. The van der Waals surface area contributed by atoms with Crippen molar-refractivity contribution in [3.63, 3.8) is 0 Å². The summed E-state index contributed by atoms with van der Waals surface area (Å²) < 4.78 is 5.23. The van der Waals surface area contributed by atoms with E-state index in [1.807, 2.05) is 4.90 Å². The number of hydrogen-bond acceptors (Lipinski definition) is 4. The molecule has 2 fully saturated rings. The minimum atomic E-state index is 0.275. The second kappa shape index (κ2) is 6.33. The molecule has 17 heavy (non-hydrogen) atoms.